The van der Waals surface area contributed by atoms with Crippen LogP contribution >= 0.6 is 0 Å². The first kappa shape index (κ1) is 14.2. The third-order valence-electron chi connectivity index (χ3n) is 4.33. The number of rotatable bonds is 1. The number of alkyl halides is 3. The average molecular weight is 274 g/mol. The topological polar surface area (TPSA) is 44.1 Å². The van der Waals surface area contributed by atoms with Crippen molar-refractivity contribution in [1.82, 2.24) is 4.90 Å². The lowest BCUT2D eigenvalue weighted by Crippen LogP contribution is -2.47. The summed E-state index contributed by atoms with van der Waals surface area (Å²) in [5.74, 6) is -1.56. The summed E-state index contributed by atoms with van der Waals surface area (Å²) in [7, 11) is 0. The first-order chi connectivity index (χ1) is 8.89. The van der Waals surface area contributed by atoms with E-state index in [2.05, 4.69) is 6.07 Å². The molecule has 1 aliphatic heterocycles. The van der Waals surface area contributed by atoms with E-state index in [1.54, 1.807) is 0 Å². The van der Waals surface area contributed by atoms with Gasteiger partial charge in [0.2, 0.25) is 5.91 Å². The number of carbonyl (C=O) groups is 1. The maximum Gasteiger partial charge on any atom is 0.391 e. The van der Waals surface area contributed by atoms with Crippen molar-refractivity contribution in [2.45, 2.75) is 44.7 Å². The smallest absolute Gasteiger partial charge is 0.341 e. The molecule has 1 aliphatic carbocycles. The van der Waals surface area contributed by atoms with Crippen LogP contribution in [0.4, 0.5) is 13.2 Å². The molecule has 2 rings (SSSR count). The summed E-state index contributed by atoms with van der Waals surface area (Å²) in [6.07, 6.45) is -1.48. The summed E-state index contributed by atoms with van der Waals surface area (Å²) in [5.41, 5.74) is -0.967. The summed E-state index contributed by atoms with van der Waals surface area (Å²) in [4.78, 5) is 13.8. The predicted octanol–water partition coefficient (Wildman–Crippen LogP) is 2.87. The van der Waals surface area contributed by atoms with Gasteiger partial charge in [-0.05, 0) is 25.7 Å². The Bertz CT molecular complexity index is 386. The van der Waals surface area contributed by atoms with Crippen molar-refractivity contribution in [3.8, 4) is 6.07 Å². The van der Waals surface area contributed by atoms with Crippen LogP contribution in [0.2, 0.25) is 0 Å². The molecule has 0 bridgehead atoms. The van der Waals surface area contributed by atoms with Crippen molar-refractivity contribution in [3.63, 3.8) is 0 Å². The van der Waals surface area contributed by atoms with Crippen LogP contribution in [0.15, 0.2) is 0 Å². The van der Waals surface area contributed by atoms with E-state index in [0.29, 0.717) is 12.8 Å². The highest BCUT2D eigenvalue weighted by Gasteiger charge is 2.47. The van der Waals surface area contributed by atoms with Crippen molar-refractivity contribution in [3.05, 3.63) is 0 Å². The molecule has 106 valence electrons. The van der Waals surface area contributed by atoms with Crippen LogP contribution in [-0.2, 0) is 4.79 Å². The third kappa shape index (κ3) is 2.70. The van der Waals surface area contributed by atoms with Gasteiger partial charge in [-0.15, -0.1) is 0 Å². The van der Waals surface area contributed by atoms with E-state index in [-0.39, 0.29) is 31.8 Å². The Labute approximate surface area is 110 Å². The summed E-state index contributed by atoms with van der Waals surface area (Å²) < 4.78 is 37.7. The molecule has 0 N–H and O–H groups in total. The Hall–Kier alpha value is -1.25. The molecule has 0 unspecified atom stereocenters. The van der Waals surface area contributed by atoms with Crippen molar-refractivity contribution >= 4 is 5.91 Å². The Morgan fingerprint density at radius 1 is 1.21 bits per heavy atom. The number of hydrogen-bond donors (Lipinski definition) is 0. The van der Waals surface area contributed by atoms with E-state index in [1.165, 1.54) is 4.90 Å². The van der Waals surface area contributed by atoms with Gasteiger partial charge in [-0.2, -0.15) is 18.4 Å². The van der Waals surface area contributed by atoms with E-state index in [9.17, 15) is 23.2 Å². The van der Waals surface area contributed by atoms with Gasteiger partial charge in [-0.25, -0.2) is 0 Å². The SMILES string of the molecule is N#CC1(C(=O)N2CCC(C(F)(F)F)CC2)CCCC1. The molecule has 0 radical (unpaired) electrons. The molecule has 2 aliphatic rings. The highest BCUT2D eigenvalue weighted by atomic mass is 19.4. The van der Waals surface area contributed by atoms with Crippen LogP contribution in [0.25, 0.3) is 0 Å². The molecule has 1 saturated heterocycles. The molecule has 2 fully saturated rings. The van der Waals surface area contributed by atoms with Gasteiger partial charge in [-0.3, -0.25) is 4.79 Å². The first-order valence-electron chi connectivity index (χ1n) is 6.66. The van der Waals surface area contributed by atoms with E-state index in [0.717, 1.165) is 12.8 Å². The van der Waals surface area contributed by atoms with Crippen molar-refractivity contribution in [2.75, 3.05) is 13.1 Å². The molecule has 0 aromatic heterocycles. The number of piperidine rings is 1. The Balaban J connectivity index is 1.98. The summed E-state index contributed by atoms with van der Waals surface area (Å²) in [6, 6.07) is 2.10. The standard InChI is InChI=1S/C13H17F3N2O/c14-13(15,16)10-3-7-18(8-4-10)11(19)12(9-17)5-1-2-6-12/h10H,1-8H2. The highest BCUT2D eigenvalue weighted by Crippen LogP contribution is 2.41. The molecular weight excluding hydrogens is 257 g/mol. The largest absolute Gasteiger partial charge is 0.391 e. The molecule has 0 aromatic rings. The number of amides is 1. The molecule has 0 spiro atoms. The lowest BCUT2D eigenvalue weighted by atomic mass is 9.85. The molecular formula is C13H17F3N2O. The van der Waals surface area contributed by atoms with Gasteiger partial charge in [0.05, 0.1) is 12.0 Å². The lowest BCUT2D eigenvalue weighted by Gasteiger charge is -2.36. The molecule has 3 nitrogen and oxygen atoms in total. The zero-order chi connectivity index (χ0) is 14.1. The summed E-state index contributed by atoms with van der Waals surface area (Å²) >= 11 is 0. The molecule has 1 heterocycles. The van der Waals surface area contributed by atoms with Crippen LogP contribution in [-0.4, -0.2) is 30.1 Å². The van der Waals surface area contributed by atoms with Gasteiger partial charge in [0.1, 0.15) is 5.41 Å². The normalized spacial score (nSPS) is 24.2. The lowest BCUT2D eigenvalue weighted by molar-refractivity contribution is -0.187. The van der Waals surface area contributed by atoms with Crippen LogP contribution in [0.3, 0.4) is 0 Å². The van der Waals surface area contributed by atoms with Gasteiger partial charge in [0.15, 0.2) is 0 Å². The summed E-state index contributed by atoms with van der Waals surface area (Å²) in [6.45, 7) is 0.235. The number of halogens is 3. The van der Waals surface area contributed by atoms with Crippen LogP contribution < -0.4 is 0 Å². The van der Waals surface area contributed by atoms with E-state index in [4.69, 9.17) is 0 Å². The Kier molecular flexibility index (Phi) is 3.75. The number of carbonyl (C=O) groups excluding carboxylic acids is 1. The fourth-order valence-electron chi connectivity index (χ4n) is 3.06. The second-order valence-corrected chi connectivity index (χ2v) is 5.51. The first-order valence-corrected chi connectivity index (χ1v) is 6.66. The van der Waals surface area contributed by atoms with Gasteiger partial charge >= 0.3 is 6.18 Å². The summed E-state index contributed by atoms with van der Waals surface area (Å²) in [5, 5.41) is 9.22. The molecule has 19 heavy (non-hydrogen) atoms. The van der Waals surface area contributed by atoms with Crippen LogP contribution in [0.1, 0.15) is 38.5 Å². The minimum absolute atomic E-state index is 0.0449. The quantitative estimate of drug-likeness (QED) is 0.738. The number of hydrogen-bond acceptors (Lipinski definition) is 2. The maximum atomic E-state index is 12.6. The molecule has 0 atom stereocenters. The fraction of sp³-hybridized carbons (Fsp3) is 0.846. The monoisotopic (exact) mass is 274 g/mol. The average Bonchev–Trinajstić information content (AvgIpc) is 2.87. The van der Waals surface area contributed by atoms with E-state index >= 15 is 0 Å². The van der Waals surface area contributed by atoms with Crippen LogP contribution in [0.5, 0.6) is 0 Å². The number of nitrogens with zero attached hydrogens (tertiary/aromatic N) is 2. The maximum absolute atomic E-state index is 12.6. The Morgan fingerprint density at radius 3 is 2.16 bits per heavy atom. The molecule has 1 saturated carbocycles. The Morgan fingerprint density at radius 2 is 1.74 bits per heavy atom. The van der Waals surface area contributed by atoms with Gasteiger partial charge < -0.3 is 4.90 Å². The highest BCUT2D eigenvalue weighted by molar-refractivity contribution is 5.85. The van der Waals surface area contributed by atoms with Crippen molar-refractivity contribution < 1.29 is 18.0 Å². The molecule has 6 heteroatoms. The zero-order valence-electron chi connectivity index (χ0n) is 10.7. The predicted molar refractivity (Wildman–Crippen MR) is 61.9 cm³/mol. The number of likely N-dealkylation sites (tertiary alicyclic amines) is 1. The van der Waals surface area contributed by atoms with Gasteiger partial charge in [0.25, 0.3) is 0 Å². The molecule has 1 amide bonds. The fourth-order valence-corrected chi connectivity index (χ4v) is 3.06. The van der Waals surface area contributed by atoms with Gasteiger partial charge in [0, 0.05) is 13.1 Å². The van der Waals surface area contributed by atoms with Crippen molar-refractivity contribution in [2.24, 2.45) is 11.3 Å². The van der Waals surface area contributed by atoms with E-state index in [1.807, 2.05) is 0 Å². The second-order valence-electron chi connectivity index (χ2n) is 5.51. The third-order valence-corrected chi connectivity index (χ3v) is 4.33. The second kappa shape index (κ2) is 5.03. The van der Waals surface area contributed by atoms with Crippen LogP contribution in [0, 0.1) is 22.7 Å². The zero-order valence-corrected chi connectivity index (χ0v) is 10.7. The molecule has 0 aromatic carbocycles. The van der Waals surface area contributed by atoms with E-state index < -0.39 is 17.5 Å². The van der Waals surface area contributed by atoms with Crippen molar-refractivity contribution in [1.29, 1.82) is 5.26 Å². The number of nitriles is 1. The minimum Gasteiger partial charge on any atom is -0.341 e. The van der Waals surface area contributed by atoms with Gasteiger partial charge in [-0.1, -0.05) is 12.8 Å². The minimum atomic E-state index is -4.17.